The van der Waals surface area contributed by atoms with Crippen molar-refractivity contribution >= 4 is 16.7 Å². The van der Waals surface area contributed by atoms with Crippen LogP contribution in [0.5, 0.6) is 0 Å². The predicted octanol–water partition coefficient (Wildman–Crippen LogP) is 3.31. The van der Waals surface area contributed by atoms with Gasteiger partial charge in [-0.2, -0.15) is 0 Å². The highest BCUT2D eigenvalue weighted by atomic mass is 19.1. The number of aromatic nitrogens is 1. The molecule has 1 aliphatic heterocycles. The Labute approximate surface area is 102 Å². The molecule has 0 aliphatic carbocycles. The minimum absolute atomic E-state index is 0.0406. The number of hydrogen-bond acceptors (Lipinski definition) is 1. The van der Waals surface area contributed by atoms with E-state index < -0.39 is 0 Å². The van der Waals surface area contributed by atoms with Crippen LogP contribution in [0, 0.1) is 5.82 Å². The van der Waals surface area contributed by atoms with Crippen LogP contribution in [0.2, 0.25) is 0 Å². The monoisotopic (exact) mass is 237 g/mol. The van der Waals surface area contributed by atoms with Crippen LogP contribution in [0.15, 0.2) is 48.5 Å². The van der Waals surface area contributed by atoms with E-state index in [0.29, 0.717) is 16.6 Å². The lowest BCUT2D eigenvalue weighted by molar-refractivity contribution is 0.104. The number of nitrogens with zero attached hydrogens (tertiary/aromatic N) is 1. The quantitative estimate of drug-likeness (QED) is 0.460. The van der Waals surface area contributed by atoms with E-state index in [-0.39, 0.29) is 11.6 Å². The molecule has 3 heteroatoms. The molecule has 1 aliphatic rings. The summed E-state index contributed by atoms with van der Waals surface area (Å²) in [6.45, 7) is 0. The zero-order valence-corrected chi connectivity index (χ0v) is 9.35. The molecule has 2 heterocycles. The van der Waals surface area contributed by atoms with Gasteiger partial charge in [0.15, 0.2) is 0 Å². The van der Waals surface area contributed by atoms with E-state index in [4.69, 9.17) is 0 Å². The van der Waals surface area contributed by atoms with E-state index in [9.17, 15) is 9.18 Å². The molecule has 0 fully saturated rings. The number of benzene rings is 2. The maximum absolute atomic E-state index is 13.7. The summed E-state index contributed by atoms with van der Waals surface area (Å²) in [4.78, 5) is 12.2. The largest absolute Gasteiger partial charge is 0.305 e. The maximum Gasteiger partial charge on any atom is 0.211 e. The first-order chi connectivity index (χ1) is 8.77. The molecule has 0 unspecified atom stereocenters. The molecule has 0 spiro atoms. The molecule has 86 valence electrons. The highest BCUT2D eigenvalue weighted by Crippen LogP contribution is 2.34. The molecule has 0 saturated carbocycles. The van der Waals surface area contributed by atoms with Gasteiger partial charge in [-0.1, -0.05) is 18.2 Å². The Morgan fingerprint density at radius 3 is 2.72 bits per heavy atom. The summed E-state index contributed by atoms with van der Waals surface area (Å²) >= 11 is 0. The minimum Gasteiger partial charge on any atom is -0.305 e. The molecule has 0 amide bonds. The van der Waals surface area contributed by atoms with E-state index in [1.54, 1.807) is 18.2 Å². The third-order valence-corrected chi connectivity index (χ3v) is 3.41. The molecule has 2 nitrogen and oxygen atoms in total. The second-order valence-electron chi connectivity index (χ2n) is 4.38. The number of carbonyl (C=O) groups is 1. The molecular formula is C15H8FNO. The average Bonchev–Trinajstić information content (AvgIpc) is 2.89. The molecule has 1 aromatic heterocycles. The first-order valence-corrected chi connectivity index (χ1v) is 5.71. The van der Waals surface area contributed by atoms with Crippen molar-refractivity contribution in [1.82, 2.24) is 4.57 Å². The van der Waals surface area contributed by atoms with Crippen LogP contribution in [0.25, 0.3) is 16.6 Å². The van der Waals surface area contributed by atoms with E-state index in [0.717, 1.165) is 11.2 Å². The lowest BCUT2D eigenvalue weighted by atomic mass is 10.1. The van der Waals surface area contributed by atoms with Gasteiger partial charge in [-0.25, -0.2) is 4.39 Å². The molecule has 0 saturated heterocycles. The molecular weight excluding hydrogens is 229 g/mol. The number of halogens is 1. The summed E-state index contributed by atoms with van der Waals surface area (Å²) in [5, 5.41) is 0.496. The molecule has 18 heavy (non-hydrogen) atoms. The van der Waals surface area contributed by atoms with E-state index in [2.05, 4.69) is 0 Å². The Balaban J connectivity index is 2.21. The van der Waals surface area contributed by atoms with Gasteiger partial charge in [-0.05, 0) is 30.3 Å². The Morgan fingerprint density at radius 1 is 1.00 bits per heavy atom. The summed E-state index contributed by atoms with van der Waals surface area (Å²) in [6, 6.07) is 13.9. The summed E-state index contributed by atoms with van der Waals surface area (Å²) in [5.74, 6) is -0.333. The van der Waals surface area contributed by atoms with Crippen LogP contribution < -0.4 is 0 Å². The van der Waals surface area contributed by atoms with Gasteiger partial charge in [0, 0.05) is 10.9 Å². The summed E-state index contributed by atoms with van der Waals surface area (Å²) in [7, 11) is 0. The number of fused-ring (bicyclic) bond motifs is 5. The van der Waals surface area contributed by atoms with Crippen molar-refractivity contribution in [2.45, 2.75) is 0 Å². The molecule has 0 bridgehead atoms. The van der Waals surface area contributed by atoms with Crippen LogP contribution in [0.3, 0.4) is 0 Å². The summed E-state index contributed by atoms with van der Waals surface area (Å²) in [6.07, 6.45) is 0. The Bertz CT molecular complexity index is 816. The zero-order valence-electron chi connectivity index (χ0n) is 9.35. The maximum atomic E-state index is 13.7. The number of rotatable bonds is 0. The molecule has 3 aromatic rings. The molecule has 2 aromatic carbocycles. The van der Waals surface area contributed by atoms with Gasteiger partial charge in [-0.3, -0.25) is 4.79 Å². The second kappa shape index (κ2) is 3.07. The van der Waals surface area contributed by atoms with Gasteiger partial charge in [-0.15, -0.1) is 0 Å². The van der Waals surface area contributed by atoms with Crippen molar-refractivity contribution in [2.75, 3.05) is 0 Å². The van der Waals surface area contributed by atoms with Crippen LogP contribution in [-0.2, 0) is 0 Å². The Hall–Kier alpha value is -2.42. The van der Waals surface area contributed by atoms with Crippen molar-refractivity contribution in [1.29, 1.82) is 0 Å². The topological polar surface area (TPSA) is 22.0 Å². The molecule has 0 radical (unpaired) electrons. The first-order valence-electron chi connectivity index (χ1n) is 5.71. The third-order valence-electron chi connectivity index (χ3n) is 3.41. The highest BCUT2D eigenvalue weighted by molar-refractivity contribution is 6.16. The van der Waals surface area contributed by atoms with Crippen molar-refractivity contribution in [2.24, 2.45) is 0 Å². The fourth-order valence-electron chi connectivity index (χ4n) is 2.62. The Kier molecular flexibility index (Phi) is 1.64. The fourth-order valence-corrected chi connectivity index (χ4v) is 2.62. The lowest BCUT2D eigenvalue weighted by Crippen LogP contribution is -1.94. The third kappa shape index (κ3) is 0.991. The van der Waals surface area contributed by atoms with Gasteiger partial charge in [0.25, 0.3) is 0 Å². The van der Waals surface area contributed by atoms with Crippen molar-refractivity contribution in [3.05, 3.63) is 65.6 Å². The highest BCUT2D eigenvalue weighted by Gasteiger charge is 2.28. The Morgan fingerprint density at radius 2 is 1.83 bits per heavy atom. The SMILES string of the molecule is O=C1c2ccccc2-n2c1cc1c(F)cccc12. The van der Waals surface area contributed by atoms with Crippen LogP contribution in [0.1, 0.15) is 16.1 Å². The predicted molar refractivity (Wildman–Crippen MR) is 66.7 cm³/mol. The van der Waals surface area contributed by atoms with Crippen molar-refractivity contribution < 1.29 is 9.18 Å². The van der Waals surface area contributed by atoms with Crippen molar-refractivity contribution in [3.63, 3.8) is 0 Å². The van der Waals surface area contributed by atoms with E-state index >= 15 is 0 Å². The van der Waals surface area contributed by atoms with Gasteiger partial charge >= 0.3 is 0 Å². The smallest absolute Gasteiger partial charge is 0.211 e. The molecule has 4 rings (SSSR count). The zero-order chi connectivity index (χ0) is 12.3. The van der Waals surface area contributed by atoms with Crippen molar-refractivity contribution in [3.8, 4) is 5.69 Å². The van der Waals surface area contributed by atoms with Gasteiger partial charge in [0.1, 0.15) is 5.82 Å². The fraction of sp³-hybridized carbons (Fsp3) is 0. The van der Waals surface area contributed by atoms with Gasteiger partial charge in [0.05, 0.1) is 16.9 Å². The van der Waals surface area contributed by atoms with E-state index in [1.165, 1.54) is 6.07 Å². The summed E-state index contributed by atoms with van der Waals surface area (Å²) < 4.78 is 15.5. The van der Waals surface area contributed by atoms with Crippen LogP contribution >= 0.6 is 0 Å². The lowest BCUT2D eigenvalue weighted by Gasteiger charge is -2.03. The van der Waals surface area contributed by atoms with Crippen LogP contribution in [0.4, 0.5) is 4.39 Å². The second-order valence-corrected chi connectivity index (χ2v) is 4.38. The summed E-state index contributed by atoms with van der Waals surface area (Å²) in [5.41, 5.74) is 2.79. The number of ketones is 1. The number of para-hydroxylation sites is 1. The van der Waals surface area contributed by atoms with Gasteiger partial charge < -0.3 is 4.57 Å². The number of carbonyl (C=O) groups excluding carboxylic acids is 1. The average molecular weight is 237 g/mol. The normalized spacial score (nSPS) is 12.8. The number of hydrogen-bond donors (Lipinski definition) is 0. The molecule has 0 atom stereocenters. The van der Waals surface area contributed by atoms with Crippen LogP contribution in [-0.4, -0.2) is 10.4 Å². The first kappa shape index (κ1) is 9.59. The van der Waals surface area contributed by atoms with E-state index in [1.807, 2.05) is 28.8 Å². The molecule has 0 N–H and O–H groups in total. The van der Waals surface area contributed by atoms with Gasteiger partial charge in [0.2, 0.25) is 5.78 Å². The standard InChI is InChI=1S/C15H8FNO/c16-11-5-3-7-13-10(11)8-14-15(18)9-4-1-2-6-12(9)17(13)14/h1-8H. The minimum atomic E-state index is -0.292.